The number of nitriles is 1. The maximum Gasteiger partial charge on any atom is 0.254 e. The smallest absolute Gasteiger partial charge is 0.254 e. The lowest BCUT2D eigenvalue weighted by atomic mass is 10.1. The second-order valence-electron chi connectivity index (χ2n) is 3.49. The van der Waals surface area contributed by atoms with Gasteiger partial charge >= 0.3 is 0 Å². The van der Waals surface area contributed by atoms with Gasteiger partial charge in [-0.15, -0.1) is 0 Å². The summed E-state index contributed by atoms with van der Waals surface area (Å²) in [4.78, 5) is 13.5. The Kier molecular flexibility index (Phi) is 4.51. The van der Waals surface area contributed by atoms with Crippen LogP contribution in [-0.2, 0) is 0 Å². The van der Waals surface area contributed by atoms with Crippen molar-refractivity contribution in [1.29, 1.82) is 5.26 Å². The van der Waals surface area contributed by atoms with E-state index in [1.165, 1.54) is 4.90 Å². The highest BCUT2D eigenvalue weighted by molar-refractivity contribution is 9.10. The number of hydrogen-bond donors (Lipinski definition) is 0. The highest BCUT2D eigenvalue weighted by Gasteiger charge is 2.14. The van der Waals surface area contributed by atoms with Crippen molar-refractivity contribution in [2.45, 2.75) is 13.8 Å². The van der Waals surface area contributed by atoms with Crippen molar-refractivity contribution in [2.24, 2.45) is 0 Å². The summed E-state index contributed by atoms with van der Waals surface area (Å²) in [7, 11) is 0. The zero-order chi connectivity index (χ0) is 12.1. The van der Waals surface area contributed by atoms with Crippen LogP contribution in [0.1, 0.15) is 22.8 Å². The van der Waals surface area contributed by atoms with Gasteiger partial charge in [0.15, 0.2) is 0 Å². The van der Waals surface area contributed by atoms with Crippen LogP contribution in [0.4, 0.5) is 0 Å². The Hall–Kier alpha value is -1.34. The van der Waals surface area contributed by atoms with Crippen LogP contribution in [0.25, 0.3) is 0 Å². The average Bonchev–Trinajstić information content (AvgIpc) is 2.23. The van der Waals surface area contributed by atoms with Gasteiger partial charge < -0.3 is 4.90 Å². The fraction of sp³-hybridized carbons (Fsp3) is 0.333. The van der Waals surface area contributed by atoms with Crippen molar-refractivity contribution in [3.8, 4) is 6.07 Å². The molecule has 0 radical (unpaired) electrons. The van der Waals surface area contributed by atoms with E-state index in [-0.39, 0.29) is 12.5 Å². The molecule has 0 aliphatic rings. The average molecular weight is 281 g/mol. The van der Waals surface area contributed by atoms with E-state index >= 15 is 0 Å². The van der Waals surface area contributed by atoms with E-state index in [1.807, 2.05) is 32.0 Å². The number of aryl methyl sites for hydroxylation is 1. The Morgan fingerprint density at radius 3 is 2.69 bits per heavy atom. The van der Waals surface area contributed by atoms with Gasteiger partial charge in [-0.2, -0.15) is 5.26 Å². The number of amides is 1. The third-order valence-corrected chi connectivity index (χ3v) is 2.68. The highest BCUT2D eigenvalue weighted by atomic mass is 79.9. The molecule has 1 amide bonds. The molecular weight excluding hydrogens is 268 g/mol. The number of nitrogens with zero attached hydrogens (tertiary/aromatic N) is 2. The summed E-state index contributed by atoms with van der Waals surface area (Å²) < 4.78 is 0.879. The van der Waals surface area contributed by atoms with E-state index < -0.39 is 0 Å². The van der Waals surface area contributed by atoms with E-state index in [9.17, 15) is 4.79 Å². The normalized spacial score (nSPS) is 9.62. The number of carbonyl (C=O) groups excluding carboxylic acids is 1. The molecule has 0 fully saturated rings. The first-order valence-corrected chi connectivity index (χ1v) is 5.81. The third-order valence-electron chi connectivity index (χ3n) is 2.22. The number of halogens is 1. The predicted molar refractivity (Wildman–Crippen MR) is 66.1 cm³/mol. The van der Waals surface area contributed by atoms with Crippen LogP contribution in [0.2, 0.25) is 0 Å². The summed E-state index contributed by atoms with van der Waals surface area (Å²) in [6, 6.07) is 7.53. The van der Waals surface area contributed by atoms with Crippen LogP contribution in [0.5, 0.6) is 0 Å². The van der Waals surface area contributed by atoms with E-state index in [4.69, 9.17) is 5.26 Å². The minimum absolute atomic E-state index is 0.103. The highest BCUT2D eigenvalue weighted by Crippen LogP contribution is 2.16. The van der Waals surface area contributed by atoms with Gasteiger partial charge in [-0.25, -0.2) is 0 Å². The lowest BCUT2D eigenvalue weighted by molar-refractivity contribution is 0.0784. The maximum atomic E-state index is 12.0. The molecule has 16 heavy (non-hydrogen) atoms. The number of benzene rings is 1. The molecule has 0 atom stereocenters. The van der Waals surface area contributed by atoms with Crippen LogP contribution < -0.4 is 0 Å². The summed E-state index contributed by atoms with van der Waals surface area (Å²) in [5, 5.41) is 8.62. The summed E-state index contributed by atoms with van der Waals surface area (Å²) in [5.74, 6) is -0.103. The summed E-state index contributed by atoms with van der Waals surface area (Å²) in [6.45, 7) is 4.46. The van der Waals surface area contributed by atoms with Gasteiger partial charge in [-0.3, -0.25) is 4.79 Å². The van der Waals surface area contributed by atoms with Crippen molar-refractivity contribution in [3.05, 3.63) is 33.8 Å². The van der Waals surface area contributed by atoms with Gasteiger partial charge in [0.25, 0.3) is 5.91 Å². The molecule has 1 aromatic carbocycles. The Balaban J connectivity index is 2.99. The van der Waals surface area contributed by atoms with Gasteiger partial charge in [0.05, 0.1) is 6.07 Å². The number of hydrogen-bond acceptors (Lipinski definition) is 2. The quantitative estimate of drug-likeness (QED) is 0.799. The summed E-state index contributed by atoms with van der Waals surface area (Å²) >= 11 is 3.36. The second kappa shape index (κ2) is 5.66. The molecule has 0 bridgehead atoms. The summed E-state index contributed by atoms with van der Waals surface area (Å²) in [5.41, 5.74) is 1.63. The fourth-order valence-electron chi connectivity index (χ4n) is 1.45. The van der Waals surface area contributed by atoms with Crippen molar-refractivity contribution in [3.63, 3.8) is 0 Å². The minimum atomic E-state index is -0.103. The maximum absolute atomic E-state index is 12.0. The van der Waals surface area contributed by atoms with E-state index in [0.717, 1.165) is 10.0 Å². The Morgan fingerprint density at radius 1 is 1.50 bits per heavy atom. The Labute approximate surface area is 104 Å². The van der Waals surface area contributed by atoms with Crippen LogP contribution >= 0.6 is 15.9 Å². The molecule has 0 saturated heterocycles. The molecule has 0 heterocycles. The first-order valence-electron chi connectivity index (χ1n) is 5.02. The monoisotopic (exact) mass is 280 g/mol. The zero-order valence-electron chi connectivity index (χ0n) is 9.33. The van der Waals surface area contributed by atoms with Crippen molar-refractivity contribution in [1.82, 2.24) is 4.90 Å². The minimum Gasteiger partial charge on any atom is -0.326 e. The largest absolute Gasteiger partial charge is 0.326 e. The van der Waals surface area contributed by atoms with Crippen LogP contribution in [0, 0.1) is 18.3 Å². The summed E-state index contributed by atoms with van der Waals surface area (Å²) in [6.07, 6.45) is 0. The van der Waals surface area contributed by atoms with Crippen molar-refractivity contribution < 1.29 is 4.79 Å². The molecule has 0 aliphatic heterocycles. The van der Waals surface area contributed by atoms with E-state index in [2.05, 4.69) is 15.9 Å². The van der Waals surface area contributed by atoms with Crippen molar-refractivity contribution >= 4 is 21.8 Å². The molecule has 1 rings (SSSR count). The third kappa shape index (κ3) is 3.07. The Morgan fingerprint density at radius 2 is 2.19 bits per heavy atom. The van der Waals surface area contributed by atoms with E-state index in [0.29, 0.717) is 12.1 Å². The Bertz CT molecular complexity index is 417. The molecule has 0 saturated carbocycles. The van der Waals surface area contributed by atoms with Crippen LogP contribution in [0.15, 0.2) is 22.7 Å². The molecule has 3 nitrogen and oxygen atoms in total. The number of carbonyl (C=O) groups is 1. The standard InChI is InChI=1S/C12H13BrN2O/c1-3-15(5-4-14)12(16)10-6-9(2)7-11(13)8-10/h6-8H,3,5H2,1-2H3. The number of rotatable bonds is 3. The molecule has 1 aromatic rings. The van der Waals surface area contributed by atoms with Crippen molar-refractivity contribution in [2.75, 3.05) is 13.1 Å². The molecule has 0 aliphatic carbocycles. The van der Waals surface area contributed by atoms with Crippen LogP contribution in [0.3, 0.4) is 0 Å². The topological polar surface area (TPSA) is 44.1 Å². The SMILES string of the molecule is CCN(CC#N)C(=O)c1cc(C)cc(Br)c1. The lowest BCUT2D eigenvalue weighted by Gasteiger charge is -2.17. The predicted octanol–water partition coefficient (Wildman–Crippen LogP) is 2.74. The molecule has 84 valence electrons. The molecule has 0 aromatic heterocycles. The molecule has 4 heteroatoms. The van der Waals surface area contributed by atoms with Gasteiger partial charge in [-0.05, 0) is 37.6 Å². The van der Waals surface area contributed by atoms with Gasteiger partial charge in [0, 0.05) is 16.6 Å². The van der Waals surface area contributed by atoms with Gasteiger partial charge in [-0.1, -0.05) is 15.9 Å². The first kappa shape index (κ1) is 12.7. The zero-order valence-corrected chi connectivity index (χ0v) is 10.9. The van der Waals surface area contributed by atoms with E-state index in [1.54, 1.807) is 6.07 Å². The van der Waals surface area contributed by atoms with Gasteiger partial charge in [0.2, 0.25) is 0 Å². The van der Waals surface area contributed by atoms with Crippen LogP contribution in [-0.4, -0.2) is 23.9 Å². The second-order valence-corrected chi connectivity index (χ2v) is 4.41. The first-order chi connectivity index (χ1) is 7.58. The molecular formula is C12H13BrN2O. The molecule has 0 spiro atoms. The lowest BCUT2D eigenvalue weighted by Crippen LogP contribution is -2.31. The molecule has 0 N–H and O–H groups in total. The molecule has 0 unspecified atom stereocenters. The fourth-order valence-corrected chi connectivity index (χ4v) is 2.06. The van der Waals surface area contributed by atoms with Gasteiger partial charge in [0.1, 0.15) is 6.54 Å².